The number of nitrogens with two attached hydrogens (primary N) is 1. The Morgan fingerprint density at radius 3 is 2.88 bits per heavy atom. The van der Waals surface area contributed by atoms with E-state index < -0.39 is 41.5 Å². The van der Waals surface area contributed by atoms with Crippen LogP contribution in [0.2, 0.25) is 0 Å². The molecule has 0 saturated carbocycles. The third-order valence-corrected chi connectivity index (χ3v) is 7.74. The average molecular weight is 557 g/mol. The van der Waals surface area contributed by atoms with Gasteiger partial charge >= 0.3 is 0 Å². The van der Waals surface area contributed by atoms with Gasteiger partial charge in [-0.1, -0.05) is 18.2 Å². The van der Waals surface area contributed by atoms with E-state index in [9.17, 15) is 14.3 Å². The quantitative estimate of drug-likeness (QED) is 0.420. The number of amides is 1. The number of ether oxygens (including phenoxy) is 2. The van der Waals surface area contributed by atoms with Crippen molar-refractivity contribution in [3.63, 3.8) is 0 Å². The molecule has 40 heavy (non-hydrogen) atoms. The molecule has 0 aromatic carbocycles. The molecule has 0 spiro atoms. The molecular weight excluding hydrogens is 522 g/mol. The molecule has 0 radical (unpaired) electrons. The fourth-order valence-electron chi connectivity index (χ4n) is 5.91. The fourth-order valence-corrected chi connectivity index (χ4v) is 5.91. The first-order chi connectivity index (χ1) is 19.4. The van der Waals surface area contributed by atoms with E-state index >= 15 is 4.39 Å². The van der Waals surface area contributed by atoms with E-state index in [1.165, 1.54) is 25.3 Å². The van der Waals surface area contributed by atoms with Gasteiger partial charge in [-0.25, -0.2) is 13.8 Å². The Morgan fingerprint density at radius 1 is 1.30 bits per heavy atom. The maximum atomic E-state index is 15.6. The van der Waals surface area contributed by atoms with Gasteiger partial charge in [0.25, 0.3) is 5.91 Å². The summed E-state index contributed by atoms with van der Waals surface area (Å²) < 4.78 is 40.9. The van der Waals surface area contributed by atoms with Gasteiger partial charge in [-0.2, -0.15) is 5.10 Å². The number of rotatable bonds is 9. The van der Waals surface area contributed by atoms with Gasteiger partial charge in [0.15, 0.2) is 0 Å². The number of fused-ring (bicyclic) bond motifs is 1. The molecule has 2 aliphatic heterocycles. The second-order valence-electron chi connectivity index (χ2n) is 10.2. The number of aliphatic hydroxyl groups is 1. The third-order valence-electron chi connectivity index (χ3n) is 7.74. The van der Waals surface area contributed by atoms with Crippen molar-refractivity contribution in [2.24, 2.45) is 16.8 Å². The molecule has 1 fully saturated rings. The highest BCUT2D eigenvalue weighted by molar-refractivity contribution is 5.94. The monoisotopic (exact) mass is 556 g/mol. The molecule has 2 aliphatic carbocycles. The van der Waals surface area contributed by atoms with E-state index in [0.717, 1.165) is 0 Å². The highest BCUT2D eigenvalue weighted by atomic mass is 19.1. The minimum Gasteiger partial charge on any atom is -0.395 e. The molecule has 10 nitrogen and oxygen atoms in total. The Hall–Kier alpha value is -3.29. The summed E-state index contributed by atoms with van der Waals surface area (Å²) in [5.41, 5.74) is 7.30. The van der Waals surface area contributed by atoms with Gasteiger partial charge in [-0.05, 0) is 30.7 Å². The Labute approximate surface area is 231 Å². The van der Waals surface area contributed by atoms with Crippen molar-refractivity contribution in [3.05, 3.63) is 76.9 Å². The molecule has 6 atom stereocenters. The van der Waals surface area contributed by atoms with Gasteiger partial charge in [-0.3, -0.25) is 14.7 Å². The number of carbonyl (C=O) groups excluding carboxylic acids is 1. The molecule has 0 bridgehead atoms. The number of hydrogen-bond acceptors (Lipinski definition) is 9. The molecule has 4 aliphatic rings. The standard InChI is InChI=1S/C28H34F2N6O4/c1-39-10-9-36-26-18(13-32-36)27(35-14-16(31)11-17(35)15-37)23(12-20(26)30)34-28(38)22-7-4-6-21(33-22)25-19(29)5-3-8-24(25)40-2/h3-8,12-13,16-18,24-25,27,37H,9-11,14-15,31H2,1-2H3,(H,34,38). The van der Waals surface area contributed by atoms with Gasteiger partial charge < -0.3 is 25.6 Å². The van der Waals surface area contributed by atoms with Crippen LogP contribution in [0.4, 0.5) is 8.78 Å². The number of methoxy groups -OCH3 is 2. The molecule has 1 saturated heterocycles. The normalized spacial score (nSPS) is 30.0. The molecule has 4 N–H and O–H groups in total. The van der Waals surface area contributed by atoms with E-state index in [1.807, 2.05) is 4.90 Å². The zero-order valence-corrected chi connectivity index (χ0v) is 22.4. The Balaban J connectivity index is 1.46. The first kappa shape index (κ1) is 28.2. The lowest BCUT2D eigenvalue weighted by atomic mass is 9.87. The summed E-state index contributed by atoms with van der Waals surface area (Å²) in [7, 11) is 3.04. The Bertz CT molecular complexity index is 1280. The highest BCUT2D eigenvalue weighted by Crippen LogP contribution is 2.40. The number of hydrogen-bond donors (Lipinski definition) is 3. The van der Waals surface area contributed by atoms with Crippen LogP contribution in [-0.4, -0.2) is 96.9 Å². The smallest absolute Gasteiger partial charge is 0.274 e. The molecule has 1 aromatic rings. The number of aliphatic hydroxyl groups excluding tert-OH is 1. The summed E-state index contributed by atoms with van der Waals surface area (Å²) in [5, 5.41) is 18.9. The van der Waals surface area contributed by atoms with Crippen LogP contribution in [-0.2, 0) is 9.47 Å². The molecule has 214 valence electrons. The van der Waals surface area contributed by atoms with E-state index in [4.69, 9.17) is 15.2 Å². The van der Waals surface area contributed by atoms with Gasteiger partial charge in [0.1, 0.15) is 17.3 Å². The summed E-state index contributed by atoms with van der Waals surface area (Å²) in [5.74, 6) is -2.84. The number of halogens is 2. The lowest BCUT2D eigenvalue weighted by Crippen LogP contribution is -2.52. The predicted molar refractivity (Wildman–Crippen MR) is 144 cm³/mol. The van der Waals surface area contributed by atoms with Crippen molar-refractivity contribution in [1.82, 2.24) is 20.2 Å². The third kappa shape index (κ3) is 5.37. The van der Waals surface area contributed by atoms with E-state index in [1.54, 1.807) is 42.6 Å². The highest BCUT2D eigenvalue weighted by Gasteiger charge is 2.46. The van der Waals surface area contributed by atoms with Crippen molar-refractivity contribution < 1.29 is 28.2 Å². The SMILES string of the molecule is COCCN1N=CC2C1=C(F)C=C(NC(=O)c1cccc(C3C(F)=CC=CC3OC)n1)C2N1CC(N)CC1CO. The van der Waals surface area contributed by atoms with E-state index in [-0.39, 0.29) is 24.4 Å². The molecule has 5 rings (SSSR count). The van der Waals surface area contributed by atoms with Gasteiger partial charge in [-0.15, -0.1) is 0 Å². The first-order valence-electron chi connectivity index (χ1n) is 13.2. The van der Waals surface area contributed by atoms with Crippen LogP contribution in [0.25, 0.3) is 0 Å². The molecular formula is C28H34F2N6O4. The fraction of sp³-hybridized carbons (Fsp3) is 0.464. The van der Waals surface area contributed by atoms with Crippen LogP contribution in [0.3, 0.4) is 0 Å². The van der Waals surface area contributed by atoms with Crippen molar-refractivity contribution in [1.29, 1.82) is 0 Å². The number of pyridine rings is 1. The number of nitrogens with zero attached hydrogens (tertiary/aromatic N) is 4. The van der Waals surface area contributed by atoms with Crippen molar-refractivity contribution in [3.8, 4) is 0 Å². The number of carbonyl (C=O) groups is 1. The number of likely N-dealkylation sites (tertiary alicyclic amines) is 1. The van der Waals surface area contributed by atoms with Crippen molar-refractivity contribution >= 4 is 12.1 Å². The van der Waals surface area contributed by atoms with Gasteiger partial charge in [0.2, 0.25) is 0 Å². The molecule has 3 heterocycles. The van der Waals surface area contributed by atoms with Crippen molar-refractivity contribution in [2.45, 2.75) is 36.6 Å². The zero-order chi connectivity index (χ0) is 28.4. The largest absolute Gasteiger partial charge is 0.395 e. The summed E-state index contributed by atoms with van der Waals surface area (Å²) in [6.07, 6.45) is 7.58. The Kier molecular flexibility index (Phi) is 8.52. The molecule has 1 aromatic heterocycles. The maximum absolute atomic E-state index is 15.6. The second kappa shape index (κ2) is 12.1. The zero-order valence-electron chi connectivity index (χ0n) is 22.4. The molecule has 1 amide bonds. The summed E-state index contributed by atoms with van der Waals surface area (Å²) in [6, 6.07) is 3.78. The Morgan fingerprint density at radius 2 is 2.12 bits per heavy atom. The number of allylic oxidation sites excluding steroid dienone is 4. The first-order valence-corrected chi connectivity index (χ1v) is 13.2. The minimum atomic E-state index is -0.795. The van der Waals surface area contributed by atoms with Crippen LogP contribution in [0.15, 0.2) is 70.7 Å². The summed E-state index contributed by atoms with van der Waals surface area (Å²) in [6.45, 7) is 1.03. The van der Waals surface area contributed by atoms with Gasteiger partial charge in [0, 0.05) is 44.8 Å². The number of hydrazone groups is 1. The minimum absolute atomic E-state index is 0.0446. The lowest BCUT2D eigenvalue weighted by Gasteiger charge is -2.39. The number of aromatic nitrogens is 1. The summed E-state index contributed by atoms with van der Waals surface area (Å²) in [4.78, 5) is 19.9. The topological polar surface area (TPSA) is 126 Å². The van der Waals surface area contributed by atoms with Crippen LogP contribution in [0, 0.1) is 5.92 Å². The molecule has 12 heteroatoms. The van der Waals surface area contributed by atoms with Gasteiger partial charge in [0.05, 0.1) is 55.1 Å². The average Bonchev–Trinajstić information content (AvgIpc) is 3.55. The molecule has 6 unspecified atom stereocenters. The predicted octanol–water partition coefficient (Wildman–Crippen LogP) is 1.74. The van der Waals surface area contributed by atoms with E-state index in [0.29, 0.717) is 43.2 Å². The lowest BCUT2D eigenvalue weighted by molar-refractivity contribution is 0.0914. The van der Waals surface area contributed by atoms with Crippen LogP contribution < -0.4 is 11.1 Å². The maximum Gasteiger partial charge on any atom is 0.274 e. The van der Waals surface area contributed by atoms with E-state index in [2.05, 4.69) is 15.4 Å². The number of nitrogens with one attached hydrogen (secondary N) is 1. The van der Waals surface area contributed by atoms with Crippen molar-refractivity contribution in [2.75, 3.05) is 40.5 Å². The van der Waals surface area contributed by atoms with Crippen LogP contribution >= 0.6 is 0 Å². The van der Waals surface area contributed by atoms with Crippen LogP contribution in [0.5, 0.6) is 0 Å². The summed E-state index contributed by atoms with van der Waals surface area (Å²) >= 11 is 0. The van der Waals surface area contributed by atoms with Crippen LogP contribution in [0.1, 0.15) is 28.5 Å². The second-order valence-corrected chi connectivity index (χ2v) is 10.2.